The van der Waals surface area contributed by atoms with E-state index in [0.717, 1.165) is 51.4 Å². The number of carbonyl (C=O) groups is 1. The number of anilines is 1. The maximum absolute atomic E-state index is 13.0. The molecule has 0 spiro atoms. The van der Waals surface area contributed by atoms with E-state index in [1.807, 2.05) is 23.2 Å². The van der Waals surface area contributed by atoms with Crippen LogP contribution in [-0.4, -0.2) is 65.6 Å². The summed E-state index contributed by atoms with van der Waals surface area (Å²) in [6.07, 6.45) is 5.29. The number of halogens is 1. The fourth-order valence-corrected chi connectivity index (χ4v) is 5.35. The number of pyridine rings is 1. The van der Waals surface area contributed by atoms with Crippen molar-refractivity contribution in [2.75, 3.05) is 37.6 Å². The van der Waals surface area contributed by atoms with Gasteiger partial charge in [0, 0.05) is 38.3 Å². The average molecular weight is 470 g/mol. The number of hydrogen-bond acceptors (Lipinski definition) is 4. The first-order valence-corrected chi connectivity index (χ1v) is 12.6. The lowest BCUT2D eigenvalue weighted by atomic mass is 9.93. The van der Waals surface area contributed by atoms with Crippen LogP contribution in [0.3, 0.4) is 0 Å². The van der Waals surface area contributed by atoms with E-state index < -0.39 is 0 Å². The van der Waals surface area contributed by atoms with E-state index in [9.17, 15) is 4.79 Å². The summed E-state index contributed by atoms with van der Waals surface area (Å²) >= 11 is 5.92. The normalized spacial score (nSPS) is 22.4. The van der Waals surface area contributed by atoms with Crippen LogP contribution in [0.2, 0.25) is 5.15 Å². The molecule has 2 fully saturated rings. The number of piperidine rings is 1. The Bertz CT molecular complexity index is 873. The van der Waals surface area contributed by atoms with Gasteiger partial charge in [0.2, 0.25) is 0 Å². The zero-order chi connectivity index (χ0) is 23.2. The molecule has 6 nitrogen and oxygen atoms in total. The number of carbonyl (C=O) groups excluding carboxylic acids is 1. The number of amides is 2. The largest absolute Gasteiger partial charge is 0.366 e. The Morgan fingerprint density at radius 2 is 1.76 bits per heavy atom. The molecule has 1 aromatic carbocycles. The van der Waals surface area contributed by atoms with Crippen molar-refractivity contribution in [3.63, 3.8) is 0 Å². The lowest BCUT2D eigenvalue weighted by Crippen LogP contribution is -2.61. The molecule has 4 rings (SSSR count). The summed E-state index contributed by atoms with van der Waals surface area (Å²) in [7, 11) is 0. The van der Waals surface area contributed by atoms with Gasteiger partial charge in [0.05, 0.1) is 11.9 Å². The van der Waals surface area contributed by atoms with Gasteiger partial charge in [-0.3, -0.25) is 4.90 Å². The average Bonchev–Trinajstić information content (AvgIpc) is 2.81. The molecule has 7 heteroatoms. The number of nitrogens with zero attached hydrogens (tertiary/aromatic N) is 4. The zero-order valence-corrected chi connectivity index (χ0v) is 20.5. The standard InChI is InChI=1S/C26H36ClN5O/c1-20-17-31(24-8-9-25(27)29-16-24)18-21(2)32(20)26(33)28-13-10-22-11-14-30(15-12-22)19-23-6-4-3-5-7-23/h3-9,16,20-22H,10-15,17-19H2,1-2H3,(H,28,33)/t20-,21-/m1/s1. The summed E-state index contributed by atoms with van der Waals surface area (Å²) in [5.41, 5.74) is 2.44. The van der Waals surface area contributed by atoms with Gasteiger partial charge in [-0.15, -0.1) is 0 Å². The molecule has 0 bridgehead atoms. The summed E-state index contributed by atoms with van der Waals surface area (Å²) in [4.78, 5) is 24.0. The third kappa shape index (κ3) is 6.39. The second kappa shape index (κ2) is 11.2. The van der Waals surface area contributed by atoms with Gasteiger partial charge in [0.15, 0.2) is 0 Å². The molecule has 2 aliphatic rings. The Kier molecular flexibility index (Phi) is 8.10. The van der Waals surface area contributed by atoms with E-state index in [1.54, 1.807) is 0 Å². The van der Waals surface area contributed by atoms with Crippen LogP contribution in [0, 0.1) is 5.92 Å². The van der Waals surface area contributed by atoms with Gasteiger partial charge in [-0.05, 0) is 69.8 Å². The summed E-state index contributed by atoms with van der Waals surface area (Å²) in [6, 6.07) is 14.8. The molecule has 2 atom stereocenters. The molecule has 1 aromatic heterocycles. The molecular formula is C26H36ClN5O. The molecular weight excluding hydrogens is 434 g/mol. The molecule has 2 amide bonds. The molecule has 0 saturated carbocycles. The Balaban J connectivity index is 1.18. The van der Waals surface area contributed by atoms with Gasteiger partial charge in [0.1, 0.15) is 5.15 Å². The van der Waals surface area contributed by atoms with Gasteiger partial charge in [-0.2, -0.15) is 0 Å². The van der Waals surface area contributed by atoms with E-state index in [0.29, 0.717) is 11.1 Å². The lowest BCUT2D eigenvalue weighted by molar-refractivity contribution is 0.139. The van der Waals surface area contributed by atoms with Crippen LogP contribution < -0.4 is 10.2 Å². The Hall–Kier alpha value is -2.31. The third-order valence-electron chi connectivity index (χ3n) is 7.02. The fraction of sp³-hybridized carbons (Fsp3) is 0.538. The van der Waals surface area contributed by atoms with Crippen LogP contribution >= 0.6 is 11.6 Å². The highest BCUT2D eigenvalue weighted by Crippen LogP contribution is 2.24. The van der Waals surface area contributed by atoms with Crippen LogP contribution in [0.25, 0.3) is 0 Å². The highest BCUT2D eigenvalue weighted by atomic mass is 35.5. The van der Waals surface area contributed by atoms with Crippen molar-refractivity contribution in [2.24, 2.45) is 5.92 Å². The van der Waals surface area contributed by atoms with Crippen LogP contribution in [0.15, 0.2) is 48.7 Å². The van der Waals surface area contributed by atoms with Crippen LogP contribution in [0.1, 0.15) is 38.7 Å². The number of urea groups is 1. The maximum atomic E-state index is 13.0. The van der Waals surface area contributed by atoms with Crippen LogP contribution in [-0.2, 0) is 6.54 Å². The lowest BCUT2D eigenvalue weighted by Gasteiger charge is -2.45. The SMILES string of the molecule is C[C@@H]1CN(c2ccc(Cl)nc2)C[C@@H](C)N1C(=O)NCCC1CCN(Cc2ccccc2)CC1. The number of piperazine rings is 1. The number of aromatic nitrogens is 1. The van der Waals surface area contributed by atoms with E-state index in [4.69, 9.17) is 11.6 Å². The summed E-state index contributed by atoms with van der Waals surface area (Å²) in [5, 5.41) is 3.70. The second-order valence-corrected chi connectivity index (χ2v) is 9.96. The van der Waals surface area contributed by atoms with E-state index in [-0.39, 0.29) is 18.1 Å². The van der Waals surface area contributed by atoms with E-state index in [1.165, 1.54) is 18.4 Å². The van der Waals surface area contributed by atoms with Gasteiger partial charge < -0.3 is 15.1 Å². The molecule has 0 radical (unpaired) electrons. The van der Waals surface area contributed by atoms with Gasteiger partial charge in [-0.25, -0.2) is 9.78 Å². The Morgan fingerprint density at radius 3 is 2.39 bits per heavy atom. The fourth-order valence-electron chi connectivity index (χ4n) is 5.24. The first-order valence-electron chi connectivity index (χ1n) is 12.2. The molecule has 0 aliphatic carbocycles. The number of rotatable bonds is 6. The van der Waals surface area contributed by atoms with Crippen molar-refractivity contribution in [1.29, 1.82) is 0 Å². The number of likely N-dealkylation sites (tertiary alicyclic amines) is 1. The third-order valence-corrected chi connectivity index (χ3v) is 7.24. The quantitative estimate of drug-likeness (QED) is 0.626. The van der Waals surface area contributed by atoms with Gasteiger partial charge >= 0.3 is 6.03 Å². The van der Waals surface area contributed by atoms with Crippen molar-refractivity contribution in [1.82, 2.24) is 20.1 Å². The monoisotopic (exact) mass is 469 g/mol. The molecule has 2 aromatic rings. The molecule has 3 heterocycles. The van der Waals surface area contributed by atoms with Crippen LogP contribution in [0.5, 0.6) is 0 Å². The minimum absolute atomic E-state index is 0.0606. The van der Waals surface area contributed by atoms with Crippen molar-refractivity contribution >= 4 is 23.3 Å². The first kappa shape index (κ1) is 23.8. The van der Waals surface area contributed by atoms with Crippen molar-refractivity contribution in [3.05, 3.63) is 59.4 Å². The first-order chi connectivity index (χ1) is 16.0. The number of benzene rings is 1. The maximum Gasteiger partial charge on any atom is 0.318 e. The Morgan fingerprint density at radius 1 is 1.06 bits per heavy atom. The summed E-state index contributed by atoms with van der Waals surface area (Å²) in [5.74, 6) is 0.696. The van der Waals surface area contributed by atoms with Crippen molar-refractivity contribution < 1.29 is 4.79 Å². The smallest absolute Gasteiger partial charge is 0.318 e. The molecule has 178 valence electrons. The minimum atomic E-state index is 0.0606. The highest BCUT2D eigenvalue weighted by Gasteiger charge is 2.33. The molecule has 0 unspecified atom stereocenters. The Labute approximate surface area is 202 Å². The highest BCUT2D eigenvalue weighted by molar-refractivity contribution is 6.29. The van der Waals surface area contributed by atoms with E-state index in [2.05, 4.69) is 64.3 Å². The van der Waals surface area contributed by atoms with Crippen molar-refractivity contribution in [2.45, 2.75) is 51.7 Å². The van der Waals surface area contributed by atoms with Crippen molar-refractivity contribution in [3.8, 4) is 0 Å². The predicted molar refractivity (Wildman–Crippen MR) is 135 cm³/mol. The minimum Gasteiger partial charge on any atom is -0.366 e. The molecule has 2 aliphatic heterocycles. The summed E-state index contributed by atoms with van der Waals surface area (Å²) < 4.78 is 0. The molecule has 33 heavy (non-hydrogen) atoms. The van der Waals surface area contributed by atoms with E-state index >= 15 is 0 Å². The molecule has 2 saturated heterocycles. The van der Waals surface area contributed by atoms with Gasteiger partial charge in [-0.1, -0.05) is 41.9 Å². The number of hydrogen-bond donors (Lipinski definition) is 1. The van der Waals surface area contributed by atoms with Gasteiger partial charge in [0.25, 0.3) is 0 Å². The zero-order valence-electron chi connectivity index (χ0n) is 19.8. The topological polar surface area (TPSA) is 51.7 Å². The molecule has 1 N–H and O–H groups in total. The predicted octanol–water partition coefficient (Wildman–Crippen LogP) is 4.65. The second-order valence-electron chi connectivity index (χ2n) is 9.58. The summed E-state index contributed by atoms with van der Waals surface area (Å²) in [6.45, 7) is 9.90. The van der Waals surface area contributed by atoms with Crippen LogP contribution in [0.4, 0.5) is 10.5 Å². The number of nitrogens with one attached hydrogen (secondary N) is 1.